The Balaban J connectivity index is 2.17. The van der Waals surface area contributed by atoms with Crippen LogP contribution >= 0.6 is 23.1 Å². The molecule has 0 bridgehead atoms. The van der Waals surface area contributed by atoms with E-state index in [1.165, 1.54) is 22.8 Å². The van der Waals surface area contributed by atoms with Gasteiger partial charge in [0.2, 0.25) is 5.16 Å². The summed E-state index contributed by atoms with van der Waals surface area (Å²) in [5.74, 6) is 0. The van der Waals surface area contributed by atoms with E-state index < -0.39 is 9.84 Å². The highest BCUT2D eigenvalue weighted by Crippen LogP contribution is 2.30. The van der Waals surface area contributed by atoms with Gasteiger partial charge in [-0.3, -0.25) is 0 Å². The Morgan fingerprint density at radius 1 is 1.53 bits per heavy atom. The second-order valence-electron chi connectivity index (χ2n) is 3.08. The van der Waals surface area contributed by atoms with E-state index in [-0.39, 0.29) is 4.21 Å². The topological polar surface area (TPSA) is 90.6 Å². The van der Waals surface area contributed by atoms with E-state index in [2.05, 4.69) is 20.4 Å². The molecule has 0 fully saturated rings. The number of aromatic nitrogens is 5. The third-order valence-corrected chi connectivity index (χ3v) is 5.43. The Morgan fingerprint density at radius 2 is 2.29 bits per heavy atom. The van der Waals surface area contributed by atoms with E-state index in [9.17, 15) is 8.42 Å². The second-order valence-corrected chi connectivity index (χ2v) is 7.57. The van der Waals surface area contributed by atoms with Crippen molar-refractivity contribution in [1.82, 2.24) is 25.2 Å². The van der Waals surface area contributed by atoms with Gasteiger partial charge >= 0.3 is 0 Å². The summed E-state index contributed by atoms with van der Waals surface area (Å²) in [5, 5.41) is 12.1. The van der Waals surface area contributed by atoms with Crippen LogP contribution in [0, 0.1) is 0 Å². The number of sulfone groups is 1. The average molecular weight is 291 g/mol. The SMILES string of the molecule is CCn1nnc(Sc2ncc(S(C)(=O)=O)s2)n1. The van der Waals surface area contributed by atoms with Gasteiger partial charge in [0, 0.05) is 6.26 Å². The molecule has 0 atom stereocenters. The number of hydrogen-bond acceptors (Lipinski definition) is 8. The number of aryl methyl sites for hydroxylation is 1. The monoisotopic (exact) mass is 291 g/mol. The van der Waals surface area contributed by atoms with Crippen molar-refractivity contribution in [2.24, 2.45) is 0 Å². The van der Waals surface area contributed by atoms with Crippen LogP contribution in [-0.4, -0.2) is 39.9 Å². The third kappa shape index (κ3) is 3.01. The van der Waals surface area contributed by atoms with Gasteiger partial charge in [-0.1, -0.05) is 11.3 Å². The molecule has 0 spiro atoms. The zero-order valence-corrected chi connectivity index (χ0v) is 11.5. The van der Waals surface area contributed by atoms with Crippen molar-refractivity contribution in [3.63, 3.8) is 0 Å². The van der Waals surface area contributed by atoms with Crippen molar-refractivity contribution in [3.8, 4) is 0 Å². The molecule has 7 nitrogen and oxygen atoms in total. The molecule has 0 aliphatic carbocycles. The zero-order chi connectivity index (χ0) is 12.5. The summed E-state index contributed by atoms with van der Waals surface area (Å²) in [4.78, 5) is 5.45. The Hall–Kier alpha value is -1.00. The maximum absolute atomic E-state index is 11.3. The van der Waals surface area contributed by atoms with E-state index in [4.69, 9.17) is 0 Å². The quantitative estimate of drug-likeness (QED) is 0.819. The van der Waals surface area contributed by atoms with Gasteiger partial charge in [0.15, 0.2) is 14.2 Å². The molecule has 0 unspecified atom stereocenters. The summed E-state index contributed by atoms with van der Waals surface area (Å²) in [5.41, 5.74) is 0. The molecule has 0 saturated carbocycles. The van der Waals surface area contributed by atoms with E-state index in [1.54, 1.807) is 0 Å². The Kier molecular flexibility index (Phi) is 3.45. The fraction of sp³-hybridized carbons (Fsp3) is 0.429. The predicted octanol–water partition coefficient (Wildman–Crippen LogP) is 0.704. The molecule has 92 valence electrons. The summed E-state index contributed by atoms with van der Waals surface area (Å²) < 4.78 is 23.3. The Morgan fingerprint density at radius 3 is 2.82 bits per heavy atom. The lowest BCUT2D eigenvalue weighted by Gasteiger charge is -1.89. The standard InChI is InChI=1S/C7H9N5O2S3/c1-3-12-10-6(9-11-12)16-7-8-4-5(15-7)17(2,13)14/h4H,3H2,1-2H3. The number of rotatable bonds is 4. The average Bonchev–Trinajstić information content (AvgIpc) is 2.86. The molecule has 0 saturated heterocycles. The van der Waals surface area contributed by atoms with Crippen LogP contribution in [0.25, 0.3) is 0 Å². The van der Waals surface area contributed by atoms with E-state index in [0.29, 0.717) is 16.0 Å². The highest BCUT2D eigenvalue weighted by Gasteiger charge is 2.14. The maximum Gasteiger partial charge on any atom is 0.238 e. The van der Waals surface area contributed by atoms with Gasteiger partial charge in [-0.15, -0.1) is 10.2 Å². The van der Waals surface area contributed by atoms with Crippen LogP contribution in [0.2, 0.25) is 0 Å². The van der Waals surface area contributed by atoms with Crippen molar-refractivity contribution >= 4 is 32.9 Å². The Bertz CT molecular complexity index is 617. The van der Waals surface area contributed by atoms with E-state index in [1.807, 2.05) is 6.92 Å². The molecule has 17 heavy (non-hydrogen) atoms. The van der Waals surface area contributed by atoms with Crippen molar-refractivity contribution in [2.75, 3.05) is 6.26 Å². The van der Waals surface area contributed by atoms with Gasteiger partial charge in [-0.25, -0.2) is 13.4 Å². The first-order valence-electron chi connectivity index (χ1n) is 4.60. The lowest BCUT2D eigenvalue weighted by molar-refractivity contribution is 0.549. The van der Waals surface area contributed by atoms with Gasteiger partial charge in [0.05, 0.1) is 12.7 Å². The molecule has 10 heteroatoms. The summed E-state index contributed by atoms with van der Waals surface area (Å²) >= 11 is 2.30. The molecule has 0 amide bonds. The molecular weight excluding hydrogens is 282 g/mol. The summed E-state index contributed by atoms with van der Waals surface area (Å²) in [7, 11) is -3.19. The molecular formula is C7H9N5O2S3. The molecule has 0 aliphatic heterocycles. The zero-order valence-electron chi connectivity index (χ0n) is 9.06. The van der Waals surface area contributed by atoms with Crippen molar-refractivity contribution < 1.29 is 8.42 Å². The molecule has 0 aliphatic rings. The smallest absolute Gasteiger partial charge is 0.236 e. The normalized spacial score (nSPS) is 11.9. The largest absolute Gasteiger partial charge is 0.238 e. The first-order valence-corrected chi connectivity index (χ1v) is 8.13. The minimum Gasteiger partial charge on any atom is -0.236 e. The maximum atomic E-state index is 11.3. The minimum absolute atomic E-state index is 0.239. The summed E-state index contributed by atoms with van der Waals surface area (Å²) in [6, 6.07) is 0. The number of hydrogen-bond donors (Lipinski definition) is 0. The van der Waals surface area contributed by atoms with Crippen LogP contribution in [0.3, 0.4) is 0 Å². The van der Waals surface area contributed by atoms with Crippen LogP contribution in [0.15, 0.2) is 19.9 Å². The van der Waals surface area contributed by atoms with Gasteiger partial charge in [0.1, 0.15) is 4.21 Å². The second kappa shape index (κ2) is 4.70. The summed E-state index contributed by atoms with van der Waals surface area (Å²) in [6.07, 6.45) is 2.49. The van der Waals surface area contributed by atoms with Crippen LogP contribution < -0.4 is 0 Å². The number of tetrazole rings is 1. The molecule has 2 aromatic rings. The van der Waals surface area contributed by atoms with Crippen LogP contribution in [0.4, 0.5) is 0 Å². The van der Waals surface area contributed by atoms with Crippen LogP contribution in [0.1, 0.15) is 6.92 Å². The third-order valence-electron chi connectivity index (χ3n) is 1.72. The Labute approximate surface area is 106 Å². The van der Waals surface area contributed by atoms with Gasteiger partial charge in [-0.05, 0) is 23.9 Å². The van der Waals surface area contributed by atoms with Crippen molar-refractivity contribution in [1.29, 1.82) is 0 Å². The molecule has 0 radical (unpaired) electrons. The predicted molar refractivity (Wildman–Crippen MR) is 62.8 cm³/mol. The van der Waals surface area contributed by atoms with Crippen molar-refractivity contribution in [2.45, 2.75) is 27.2 Å². The first kappa shape index (κ1) is 12.5. The molecule has 2 aromatic heterocycles. The van der Waals surface area contributed by atoms with E-state index in [0.717, 1.165) is 17.6 Å². The molecule has 0 N–H and O–H groups in total. The first-order chi connectivity index (χ1) is 7.99. The highest BCUT2D eigenvalue weighted by molar-refractivity contribution is 8.01. The number of nitrogens with zero attached hydrogens (tertiary/aromatic N) is 5. The van der Waals surface area contributed by atoms with Gasteiger partial charge in [0.25, 0.3) is 0 Å². The van der Waals surface area contributed by atoms with Crippen molar-refractivity contribution in [3.05, 3.63) is 6.20 Å². The molecule has 0 aromatic carbocycles. The van der Waals surface area contributed by atoms with Gasteiger partial charge < -0.3 is 0 Å². The fourth-order valence-electron chi connectivity index (χ4n) is 0.944. The highest BCUT2D eigenvalue weighted by atomic mass is 32.2. The number of thiazole rings is 1. The fourth-order valence-corrected chi connectivity index (χ4v) is 3.71. The minimum atomic E-state index is -3.19. The van der Waals surface area contributed by atoms with Crippen LogP contribution in [-0.2, 0) is 16.4 Å². The molecule has 2 heterocycles. The van der Waals surface area contributed by atoms with E-state index >= 15 is 0 Å². The molecule has 2 rings (SSSR count). The summed E-state index contributed by atoms with van der Waals surface area (Å²) in [6.45, 7) is 2.54. The lowest BCUT2D eigenvalue weighted by Crippen LogP contribution is -1.98. The van der Waals surface area contributed by atoms with Crippen LogP contribution in [0.5, 0.6) is 0 Å². The van der Waals surface area contributed by atoms with Gasteiger partial charge in [-0.2, -0.15) is 4.80 Å². The lowest BCUT2D eigenvalue weighted by atomic mass is 10.8.